The van der Waals surface area contributed by atoms with E-state index >= 15 is 0 Å². The van der Waals surface area contributed by atoms with Crippen LogP contribution in [0.4, 0.5) is 5.69 Å². The van der Waals surface area contributed by atoms with E-state index in [2.05, 4.69) is 0 Å². The number of rotatable bonds is 4. The van der Waals surface area contributed by atoms with E-state index in [0.717, 1.165) is 11.1 Å². The predicted molar refractivity (Wildman–Crippen MR) is 83.5 cm³/mol. The van der Waals surface area contributed by atoms with Crippen molar-refractivity contribution >= 4 is 17.6 Å². The first-order valence-corrected chi connectivity index (χ1v) is 7.18. The van der Waals surface area contributed by atoms with Gasteiger partial charge in [0.15, 0.2) is 0 Å². The first-order valence-electron chi connectivity index (χ1n) is 7.18. The van der Waals surface area contributed by atoms with Crippen LogP contribution >= 0.6 is 0 Å². The van der Waals surface area contributed by atoms with Crippen molar-refractivity contribution in [2.45, 2.75) is 33.1 Å². The Balaban J connectivity index is 2.39. The topological polar surface area (TPSA) is 101 Å². The van der Waals surface area contributed by atoms with Crippen molar-refractivity contribution < 1.29 is 19.8 Å². The Labute approximate surface area is 129 Å². The number of benzene rings is 1. The summed E-state index contributed by atoms with van der Waals surface area (Å²) in [5, 5.41) is 19.1. The van der Waals surface area contributed by atoms with Gasteiger partial charge in [0, 0.05) is 5.69 Å². The molecule has 0 aliphatic heterocycles. The lowest BCUT2D eigenvalue weighted by Crippen LogP contribution is -2.43. The highest BCUT2D eigenvalue weighted by Crippen LogP contribution is 2.45. The van der Waals surface area contributed by atoms with Crippen molar-refractivity contribution in [3.05, 3.63) is 41.5 Å². The Kier molecular flexibility index (Phi) is 4.00. The monoisotopic (exact) mass is 303 g/mol. The summed E-state index contributed by atoms with van der Waals surface area (Å²) in [5.41, 5.74) is 5.91. The molecule has 0 spiro atoms. The minimum absolute atomic E-state index is 0.0740. The summed E-state index contributed by atoms with van der Waals surface area (Å²) in [6, 6.07) is 5.41. The molecule has 0 radical (unpaired) electrons. The lowest BCUT2D eigenvalue weighted by atomic mass is 9.64. The lowest BCUT2D eigenvalue weighted by Gasteiger charge is -2.38. The average molecular weight is 303 g/mol. The Morgan fingerprint density at radius 2 is 1.95 bits per heavy atom. The van der Waals surface area contributed by atoms with Crippen molar-refractivity contribution in [1.29, 1.82) is 0 Å². The molecule has 118 valence electrons. The number of nitrogens with two attached hydrogens (primary N) is 1. The Morgan fingerprint density at radius 1 is 1.27 bits per heavy atom. The van der Waals surface area contributed by atoms with Crippen LogP contribution in [0.15, 0.2) is 30.4 Å². The molecule has 5 heteroatoms. The number of aryl methyl sites for hydroxylation is 1. The van der Waals surface area contributed by atoms with Gasteiger partial charge < -0.3 is 15.9 Å². The van der Waals surface area contributed by atoms with E-state index < -0.39 is 22.8 Å². The van der Waals surface area contributed by atoms with Gasteiger partial charge in [-0.25, -0.2) is 0 Å². The SMILES string of the molecule is Cc1cc(CC2(C(=O)O)C=CCC(C)(C(=O)O)C2)ccc1N. The summed E-state index contributed by atoms with van der Waals surface area (Å²) in [7, 11) is 0. The van der Waals surface area contributed by atoms with E-state index in [1.807, 2.05) is 13.0 Å². The van der Waals surface area contributed by atoms with Gasteiger partial charge in [-0.15, -0.1) is 0 Å². The van der Waals surface area contributed by atoms with E-state index in [1.165, 1.54) is 0 Å². The number of nitrogen functional groups attached to an aromatic ring is 1. The second kappa shape index (κ2) is 5.48. The molecular weight excluding hydrogens is 282 g/mol. The fourth-order valence-corrected chi connectivity index (χ4v) is 3.09. The maximum Gasteiger partial charge on any atom is 0.313 e. The molecule has 2 unspecified atom stereocenters. The molecular formula is C17H21NO4. The highest BCUT2D eigenvalue weighted by atomic mass is 16.4. The molecule has 0 aromatic heterocycles. The zero-order valence-corrected chi connectivity index (χ0v) is 12.8. The molecule has 1 aromatic rings. The number of aliphatic carboxylic acids is 2. The largest absolute Gasteiger partial charge is 0.481 e. The van der Waals surface area contributed by atoms with Gasteiger partial charge in [0.05, 0.1) is 10.8 Å². The first-order chi connectivity index (χ1) is 10.2. The number of carboxylic acid groups (broad SMARTS) is 2. The molecule has 0 bridgehead atoms. The predicted octanol–water partition coefficient (Wildman–Crippen LogP) is 2.63. The third-order valence-electron chi connectivity index (χ3n) is 4.51. The van der Waals surface area contributed by atoms with Crippen LogP contribution in [-0.2, 0) is 16.0 Å². The summed E-state index contributed by atoms with van der Waals surface area (Å²) in [5.74, 6) is -1.96. The fraction of sp³-hybridized carbons (Fsp3) is 0.412. The molecule has 0 amide bonds. The molecule has 4 N–H and O–H groups in total. The van der Waals surface area contributed by atoms with Gasteiger partial charge in [0.25, 0.3) is 0 Å². The number of carboxylic acids is 2. The smallest absolute Gasteiger partial charge is 0.313 e. The number of hydrogen-bond donors (Lipinski definition) is 3. The van der Waals surface area contributed by atoms with Gasteiger partial charge in [0.1, 0.15) is 0 Å². The summed E-state index contributed by atoms with van der Waals surface area (Å²) in [4.78, 5) is 23.4. The molecule has 1 aliphatic carbocycles. The van der Waals surface area contributed by atoms with Gasteiger partial charge in [0.2, 0.25) is 0 Å². The molecule has 0 saturated carbocycles. The second-order valence-corrected chi connectivity index (χ2v) is 6.48. The summed E-state index contributed by atoms with van der Waals surface area (Å²) in [6.45, 7) is 3.47. The zero-order valence-electron chi connectivity index (χ0n) is 12.8. The van der Waals surface area contributed by atoms with E-state index in [0.29, 0.717) is 12.1 Å². The number of carbonyl (C=O) groups is 2. The lowest BCUT2D eigenvalue weighted by molar-refractivity contribution is -0.155. The Morgan fingerprint density at radius 3 is 2.50 bits per heavy atom. The van der Waals surface area contributed by atoms with Crippen LogP contribution in [0, 0.1) is 17.8 Å². The normalized spacial score (nSPS) is 27.5. The van der Waals surface area contributed by atoms with Crippen LogP contribution in [0.5, 0.6) is 0 Å². The number of anilines is 1. The number of hydrogen-bond acceptors (Lipinski definition) is 3. The zero-order chi connectivity index (χ0) is 16.5. The third kappa shape index (κ3) is 2.84. The maximum atomic E-state index is 11.9. The maximum absolute atomic E-state index is 11.9. The van der Waals surface area contributed by atoms with E-state index in [9.17, 15) is 19.8 Å². The standard InChI is InChI=1S/C17H21NO4/c1-11-8-12(4-5-13(11)18)9-17(15(21)22)7-3-6-16(2,10-17)14(19)20/h3-5,7-8H,6,9-10,18H2,1-2H3,(H,19,20)(H,21,22). The van der Waals surface area contributed by atoms with E-state index in [4.69, 9.17) is 5.73 Å². The molecule has 2 rings (SSSR count). The van der Waals surface area contributed by atoms with Crippen molar-refractivity contribution in [2.75, 3.05) is 5.73 Å². The van der Waals surface area contributed by atoms with Crippen LogP contribution in [0.1, 0.15) is 30.9 Å². The van der Waals surface area contributed by atoms with Gasteiger partial charge >= 0.3 is 11.9 Å². The van der Waals surface area contributed by atoms with Crippen molar-refractivity contribution in [3.8, 4) is 0 Å². The molecule has 5 nitrogen and oxygen atoms in total. The Bertz CT molecular complexity index is 652. The summed E-state index contributed by atoms with van der Waals surface area (Å²) < 4.78 is 0. The first kappa shape index (κ1) is 16.1. The van der Waals surface area contributed by atoms with Crippen LogP contribution in [0.25, 0.3) is 0 Å². The van der Waals surface area contributed by atoms with E-state index in [-0.39, 0.29) is 12.8 Å². The highest BCUT2D eigenvalue weighted by molar-refractivity contribution is 5.82. The fourth-order valence-electron chi connectivity index (χ4n) is 3.09. The van der Waals surface area contributed by atoms with Crippen molar-refractivity contribution in [2.24, 2.45) is 10.8 Å². The van der Waals surface area contributed by atoms with Crippen LogP contribution in [0.3, 0.4) is 0 Å². The van der Waals surface area contributed by atoms with E-state index in [1.54, 1.807) is 31.2 Å². The third-order valence-corrected chi connectivity index (χ3v) is 4.51. The van der Waals surface area contributed by atoms with Gasteiger partial charge in [-0.1, -0.05) is 24.3 Å². The molecule has 22 heavy (non-hydrogen) atoms. The molecule has 0 heterocycles. The van der Waals surface area contributed by atoms with Gasteiger partial charge in [-0.2, -0.15) is 0 Å². The number of allylic oxidation sites excluding steroid dienone is 1. The average Bonchev–Trinajstić information content (AvgIpc) is 2.43. The quantitative estimate of drug-likeness (QED) is 0.586. The molecule has 1 aliphatic rings. The summed E-state index contributed by atoms with van der Waals surface area (Å²) in [6.07, 6.45) is 3.99. The molecule has 0 fully saturated rings. The minimum Gasteiger partial charge on any atom is -0.481 e. The highest BCUT2D eigenvalue weighted by Gasteiger charge is 2.48. The second-order valence-electron chi connectivity index (χ2n) is 6.48. The van der Waals surface area contributed by atoms with Crippen LogP contribution in [0.2, 0.25) is 0 Å². The van der Waals surface area contributed by atoms with Crippen molar-refractivity contribution in [3.63, 3.8) is 0 Å². The Hall–Kier alpha value is -2.30. The minimum atomic E-state index is -1.20. The van der Waals surface area contributed by atoms with Gasteiger partial charge in [-0.05, 0) is 50.3 Å². The molecule has 0 saturated heterocycles. The molecule has 2 atom stereocenters. The van der Waals surface area contributed by atoms with Gasteiger partial charge in [-0.3, -0.25) is 9.59 Å². The van der Waals surface area contributed by atoms with Crippen LogP contribution in [-0.4, -0.2) is 22.2 Å². The van der Waals surface area contributed by atoms with Crippen LogP contribution < -0.4 is 5.73 Å². The van der Waals surface area contributed by atoms with Crippen molar-refractivity contribution in [1.82, 2.24) is 0 Å². The summed E-state index contributed by atoms with van der Waals surface area (Å²) >= 11 is 0. The molecule has 1 aromatic carbocycles.